The lowest BCUT2D eigenvalue weighted by atomic mass is 10.1. The van der Waals surface area contributed by atoms with E-state index in [9.17, 15) is 4.79 Å². The van der Waals surface area contributed by atoms with Crippen LogP contribution in [0, 0.1) is 0 Å². The van der Waals surface area contributed by atoms with Crippen LogP contribution in [-0.2, 0) is 4.79 Å². The number of hydrogen-bond acceptors (Lipinski definition) is 2. The molecule has 0 aromatic rings. The van der Waals surface area contributed by atoms with Crippen molar-refractivity contribution in [2.45, 2.75) is 156 Å². The van der Waals surface area contributed by atoms with Crippen LogP contribution in [0.1, 0.15) is 143 Å². The average Bonchev–Trinajstić information content (AvgIpc) is 3.24. The number of carbonyl (C=O) groups is 1. The Bertz CT molecular complexity index is 559. The molecule has 1 N–H and O–H groups in total. The first kappa shape index (κ1) is 30.9. The minimum Gasteiger partial charge on any atom is -0.307 e. The summed E-state index contributed by atoms with van der Waals surface area (Å²) in [6.45, 7) is 10.2. The fourth-order valence-electron chi connectivity index (χ4n) is 5.46. The van der Waals surface area contributed by atoms with Crippen molar-refractivity contribution < 1.29 is 9.28 Å². The number of unbranched alkanes of at least 4 members (excludes halogenated alkanes) is 15. The van der Waals surface area contributed by atoms with E-state index >= 15 is 0 Å². The predicted octanol–water partition coefficient (Wildman–Crippen LogP) is 8.31. The summed E-state index contributed by atoms with van der Waals surface area (Å²) in [6.07, 6.45) is 31.7. The van der Waals surface area contributed by atoms with Gasteiger partial charge in [-0.3, -0.25) is 9.28 Å². The fraction of sp³-hybridized carbons (Fsp3) is 0.867. The SMILES string of the molecule is CCCCCCCCCCCC/C=C/CCCCCCCC1N=CC[N+]1(CC)C(C)NC(C)=O. The number of amides is 1. The highest BCUT2D eigenvalue weighted by Gasteiger charge is 2.42. The topological polar surface area (TPSA) is 41.5 Å². The molecule has 3 unspecified atom stereocenters. The minimum atomic E-state index is 0.0571. The van der Waals surface area contributed by atoms with E-state index in [-0.39, 0.29) is 12.1 Å². The summed E-state index contributed by atoms with van der Waals surface area (Å²) in [7, 11) is 0. The zero-order valence-corrected chi connectivity index (χ0v) is 23.3. The summed E-state index contributed by atoms with van der Waals surface area (Å²) in [6, 6.07) is 0. The van der Waals surface area contributed by atoms with Crippen molar-refractivity contribution in [1.29, 1.82) is 0 Å². The molecule has 0 fully saturated rings. The first-order valence-electron chi connectivity index (χ1n) is 14.9. The zero-order valence-electron chi connectivity index (χ0n) is 23.3. The first-order chi connectivity index (χ1) is 16.6. The highest BCUT2D eigenvalue weighted by molar-refractivity contribution is 5.73. The standard InChI is InChI=1S/C30H57N3O/c1-5-7-8-9-10-11-12-13-14-15-16-17-18-19-20-21-22-23-24-25-30-31-26-27-33(30,6-2)28(3)32-29(4)34/h17-18,26,28,30H,5-16,19-25,27H2,1-4H3/p+1/b18-17+. The third-order valence-electron chi connectivity index (χ3n) is 7.79. The monoisotopic (exact) mass is 476 g/mol. The Hall–Kier alpha value is -1.16. The van der Waals surface area contributed by atoms with E-state index in [1.165, 1.54) is 109 Å². The van der Waals surface area contributed by atoms with E-state index in [2.05, 4.69) is 44.5 Å². The van der Waals surface area contributed by atoms with Gasteiger partial charge in [0.1, 0.15) is 6.54 Å². The maximum Gasteiger partial charge on any atom is 0.221 e. The lowest BCUT2D eigenvalue weighted by Gasteiger charge is -2.42. The van der Waals surface area contributed by atoms with E-state index in [0.717, 1.165) is 24.0 Å². The number of aliphatic imine (C=N–C) groups is 1. The van der Waals surface area contributed by atoms with Gasteiger partial charge >= 0.3 is 0 Å². The molecule has 0 spiro atoms. The van der Waals surface area contributed by atoms with Crippen molar-refractivity contribution in [3.8, 4) is 0 Å². The summed E-state index contributed by atoms with van der Waals surface area (Å²) in [4.78, 5) is 16.3. The zero-order chi connectivity index (χ0) is 24.9. The number of quaternary nitrogens is 1. The van der Waals surface area contributed by atoms with E-state index in [1.807, 2.05) is 0 Å². The Kier molecular flexibility index (Phi) is 18.2. The molecule has 1 heterocycles. The Morgan fingerprint density at radius 3 is 1.88 bits per heavy atom. The summed E-state index contributed by atoms with van der Waals surface area (Å²) in [5.41, 5.74) is 0. The Labute approximate surface area is 212 Å². The van der Waals surface area contributed by atoms with Crippen LogP contribution in [0.3, 0.4) is 0 Å². The van der Waals surface area contributed by atoms with E-state index in [0.29, 0.717) is 6.17 Å². The quantitative estimate of drug-likeness (QED) is 0.0952. The number of hydrogen-bond donors (Lipinski definition) is 1. The van der Waals surface area contributed by atoms with Crippen molar-refractivity contribution in [1.82, 2.24) is 5.32 Å². The Balaban J connectivity index is 1.96. The molecule has 1 amide bonds. The number of nitrogens with zero attached hydrogens (tertiary/aromatic N) is 2. The van der Waals surface area contributed by atoms with Crippen LogP contribution in [0.4, 0.5) is 0 Å². The molecule has 1 aliphatic rings. The van der Waals surface area contributed by atoms with Crippen molar-refractivity contribution in [2.75, 3.05) is 13.1 Å². The van der Waals surface area contributed by atoms with Crippen molar-refractivity contribution in [2.24, 2.45) is 4.99 Å². The van der Waals surface area contributed by atoms with Crippen molar-refractivity contribution in [3.63, 3.8) is 0 Å². The second kappa shape index (κ2) is 20.1. The van der Waals surface area contributed by atoms with E-state index < -0.39 is 0 Å². The molecular weight excluding hydrogens is 418 g/mol. The van der Waals surface area contributed by atoms with E-state index in [4.69, 9.17) is 4.99 Å². The normalized spacial score (nSPS) is 20.9. The molecule has 198 valence electrons. The molecule has 4 nitrogen and oxygen atoms in total. The van der Waals surface area contributed by atoms with Gasteiger partial charge in [0.15, 0.2) is 12.3 Å². The number of rotatable bonds is 22. The van der Waals surface area contributed by atoms with E-state index in [1.54, 1.807) is 6.92 Å². The van der Waals surface area contributed by atoms with Gasteiger partial charge in [-0.2, -0.15) is 0 Å². The molecule has 3 atom stereocenters. The summed E-state index contributed by atoms with van der Waals surface area (Å²) in [5.74, 6) is 0.0571. The highest BCUT2D eigenvalue weighted by atomic mass is 16.1. The van der Waals surface area contributed by atoms with Crippen LogP contribution in [0.2, 0.25) is 0 Å². The van der Waals surface area contributed by atoms with Gasteiger partial charge in [-0.1, -0.05) is 96.1 Å². The maximum atomic E-state index is 11.6. The second-order valence-corrected chi connectivity index (χ2v) is 10.6. The lowest BCUT2D eigenvalue weighted by molar-refractivity contribution is -0.959. The third-order valence-corrected chi connectivity index (χ3v) is 7.79. The molecule has 1 rings (SSSR count). The van der Waals surface area contributed by atoms with Crippen molar-refractivity contribution in [3.05, 3.63) is 12.2 Å². The average molecular weight is 477 g/mol. The molecule has 0 aromatic heterocycles. The molecule has 0 aliphatic carbocycles. The molecule has 4 heteroatoms. The largest absolute Gasteiger partial charge is 0.307 e. The molecule has 1 aliphatic heterocycles. The third kappa shape index (κ3) is 13.1. The van der Waals surface area contributed by atoms with Crippen LogP contribution in [0.5, 0.6) is 0 Å². The molecular formula is C30H58N3O+. The maximum absolute atomic E-state index is 11.6. The van der Waals surface area contributed by atoms with Gasteiger partial charge in [0.05, 0.1) is 12.8 Å². The summed E-state index contributed by atoms with van der Waals surface area (Å²) >= 11 is 0. The van der Waals surface area contributed by atoms with Crippen LogP contribution < -0.4 is 5.32 Å². The number of carbonyl (C=O) groups excluding carboxylic acids is 1. The van der Waals surface area contributed by atoms with Gasteiger partial charge in [0.2, 0.25) is 5.91 Å². The smallest absolute Gasteiger partial charge is 0.221 e. The van der Waals surface area contributed by atoms with Gasteiger partial charge in [0, 0.05) is 20.3 Å². The summed E-state index contributed by atoms with van der Waals surface area (Å²) < 4.78 is 0.878. The molecule has 0 bridgehead atoms. The van der Waals surface area contributed by atoms with Gasteiger partial charge in [-0.05, 0) is 39.0 Å². The minimum absolute atomic E-state index is 0.0571. The lowest BCUT2D eigenvalue weighted by Crippen LogP contribution is -2.63. The highest BCUT2D eigenvalue weighted by Crippen LogP contribution is 2.27. The molecule has 34 heavy (non-hydrogen) atoms. The van der Waals surface area contributed by atoms with Crippen LogP contribution >= 0.6 is 0 Å². The van der Waals surface area contributed by atoms with Crippen LogP contribution in [0.25, 0.3) is 0 Å². The van der Waals surface area contributed by atoms with Gasteiger partial charge < -0.3 is 5.32 Å². The molecule has 0 saturated carbocycles. The summed E-state index contributed by atoms with van der Waals surface area (Å²) in [5, 5.41) is 3.12. The van der Waals surface area contributed by atoms with Gasteiger partial charge in [-0.25, -0.2) is 4.99 Å². The van der Waals surface area contributed by atoms with Gasteiger partial charge in [0.25, 0.3) is 0 Å². The molecule has 0 aromatic carbocycles. The number of nitrogens with one attached hydrogen (secondary N) is 1. The first-order valence-corrected chi connectivity index (χ1v) is 14.9. The Morgan fingerprint density at radius 2 is 1.38 bits per heavy atom. The fourth-order valence-corrected chi connectivity index (χ4v) is 5.46. The van der Waals surface area contributed by atoms with Crippen molar-refractivity contribution >= 4 is 12.1 Å². The van der Waals surface area contributed by atoms with Gasteiger partial charge in [-0.15, -0.1) is 0 Å². The second-order valence-electron chi connectivity index (χ2n) is 10.6. The van der Waals surface area contributed by atoms with Crippen LogP contribution in [0.15, 0.2) is 17.1 Å². The number of allylic oxidation sites excluding steroid dienone is 2. The predicted molar refractivity (Wildman–Crippen MR) is 149 cm³/mol. The molecule has 0 radical (unpaired) electrons. The van der Waals surface area contributed by atoms with Crippen LogP contribution in [-0.4, -0.2) is 42.0 Å². The Morgan fingerprint density at radius 1 is 0.882 bits per heavy atom. The molecule has 0 saturated heterocycles.